The molecule has 4 nitrogen and oxygen atoms in total. The van der Waals surface area contributed by atoms with Crippen molar-refractivity contribution in [1.82, 2.24) is 10.3 Å². The molecule has 0 atom stereocenters. The van der Waals surface area contributed by atoms with E-state index in [0.717, 1.165) is 35.2 Å². The predicted octanol–water partition coefficient (Wildman–Crippen LogP) is 5.06. The van der Waals surface area contributed by atoms with Gasteiger partial charge in [-0.05, 0) is 49.1 Å². The predicted molar refractivity (Wildman–Crippen MR) is 101 cm³/mol. The van der Waals surface area contributed by atoms with Gasteiger partial charge in [0, 0.05) is 11.4 Å². The van der Waals surface area contributed by atoms with Crippen LogP contribution in [0.15, 0.2) is 28.2 Å². The molecule has 3 rings (SSSR count). The molecule has 1 N–H and O–H groups in total. The fraction of sp³-hybridized carbons (Fsp3) is 0.600. The summed E-state index contributed by atoms with van der Waals surface area (Å²) >= 11 is 1.52. The van der Waals surface area contributed by atoms with Crippen LogP contribution in [0, 0.1) is 11.3 Å². The summed E-state index contributed by atoms with van der Waals surface area (Å²) in [5.41, 5.74) is 1.23. The van der Waals surface area contributed by atoms with Gasteiger partial charge in [-0.1, -0.05) is 27.2 Å². The maximum atomic E-state index is 12.3. The molecule has 5 heteroatoms. The minimum absolute atomic E-state index is 0.0782. The Morgan fingerprint density at radius 3 is 2.76 bits per heavy atom. The Morgan fingerprint density at radius 1 is 1.36 bits per heavy atom. The minimum Gasteiger partial charge on any atom is -0.462 e. The highest BCUT2D eigenvalue weighted by Crippen LogP contribution is 2.40. The molecule has 0 aliphatic heterocycles. The van der Waals surface area contributed by atoms with E-state index in [4.69, 9.17) is 4.42 Å². The van der Waals surface area contributed by atoms with Crippen LogP contribution in [0.1, 0.15) is 58.6 Å². The van der Waals surface area contributed by atoms with E-state index >= 15 is 0 Å². The molecule has 2 aromatic heterocycles. The van der Waals surface area contributed by atoms with E-state index in [1.807, 2.05) is 17.5 Å². The normalized spacial score (nSPS) is 21.2. The zero-order chi connectivity index (χ0) is 17.9. The number of aromatic nitrogens is 1. The number of thiazole rings is 1. The molecule has 25 heavy (non-hydrogen) atoms. The summed E-state index contributed by atoms with van der Waals surface area (Å²) in [6.45, 7) is 7.02. The molecule has 0 spiro atoms. The second-order valence-corrected chi connectivity index (χ2v) is 8.61. The fourth-order valence-electron chi connectivity index (χ4n) is 3.65. The number of carbonyl (C=O) groups excluding carboxylic acids is 1. The van der Waals surface area contributed by atoms with Crippen LogP contribution in [-0.2, 0) is 11.2 Å². The van der Waals surface area contributed by atoms with Gasteiger partial charge in [-0.15, -0.1) is 11.3 Å². The molecule has 1 amide bonds. The maximum absolute atomic E-state index is 12.3. The molecule has 0 unspecified atom stereocenters. The van der Waals surface area contributed by atoms with Gasteiger partial charge in [0.1, 0.15) is 0 Å². The summed E-state index contributed by atoms with van der Waals surface area (Å²) in [4.78, 5) is 16.8. The Kier molecular flexibility index (Phi) is 5.62. The molecule has 0 saturated heterocycles. The topological polar surface area (TPSA) is 55.1 Å². The summed E-state index contributed by atoms with van der Waals surface area (Å²) in [7, 11) is 0. The van der Waals surface area contributed by atoms with Gasteiger partial charge < -0.3 is 9.73 Å². The van der Waals surface area contributed by atoms with Crippen LogP contribution >= 0.6 is 11.3 Å². The van der Waals surface area contributed by atoms with Crippen molar-refractivity contribution in [2.24, 2.45) is 11.3 Å². The quantitative estimate of drug-likeness (QED) is 0.783. The van der Waals surface area contributed by atoms with Crippen molar-refractivity contribution in [3.05, 3.63) is 29.5 Å². The van der Waals surface area contributed by atoms with Gasteiger partial charge in [0.15, 0.2) is 10.8 Å². The lowest BCUT2D eigenvalue weighted by Gasteiger charge is -2.39. The first-order chi connectivity index (χ1) is 12.0. The first-order valence-electron chi connectivity index (χ1n) is 9.25. The average molecular weight is 361 g/mol. The molecule has 2 heterocycles. The van der Waals surface area contributed by atoms with Crippen LogP contribution in [0.4, 0.5) is 0 Å². The minimum atomic E-state index is 0.0782. The number of amides is 1. The van der Waals surface area contributed by atoms with Gasteiger partial charge in [0.05, 0.1) is 18.4 Å². The lowest BCUT2D eigenvalue weighted by atomic mass is 9.69. The van der Waals surface area contributed by atoms with Crippen molar-refractivity contribution < 1.29 is 9.21 Å². The van der Waals surface area contributed by atoms with Gasteiger partial charge in [-0.3, -0.25) is 4.79 Å². The Balaban J connectivity index is 1.47. The van der Waals surface area contributed by atoms with Crippen molar-refractivity contribution in [1.29, 1.82) is 0 Å². The van der Waals surface area contributed by atoms with Gasteiger partial charge in [-0.25, -0.2) is 4.98 Å². The van der Waals surface area contributed by atoms with Crippen LogP contribution < -0.4 is 5.32 Å². The molecular formula is C20H28N2O2S. The molecule has 0 radical (unpaired) electrons. The van der Waals surface area contributed by atoms with Crippen molar-refractivity contribution in [2.75, 3.05) is 0 Å². The highest BCUT2D eigenvalue weighted by molar-refractivity contribution is 7.13. The summed E-state index contributed by atoms with van der Waals surface area (Å²) in [5, 5.41) is 5.98. The van der Waals surface area contributed by atoms with Gasteiger partial charge in [0.2, 0.25) is 5.91 Å². The number of furan rings is 1. The van der Waals surface area contributed by atoms with E-state index in [0.29, 0.717) is 17.9 Å². The number of carbonyl (C=O) groups is 1. The number of nitrogens with one attached hydrogen (secondary N) is 1. The van der Waals surface area contributed by atoms with Crippen molar-refractivity contribution in [2.45, 2.75) is 65.3 Å². The summed E-state index contributed by atoms with van der Waals surface area (Å²) in [6, 6.07) is 4.05. The lowest BCUT2D eigenvalue weighted by molar-refractivity contribution is -0.121. The van der Waals surface area contributed by atoms with Crippen molar-refractivity contribution in [3.63, 3.8) is 0 Å². The molecule has 0 aromatic carbocycles. The van der Waals surface area contributed by atoms with Crippen LogP contribution in [-0.4, -0.2) is 16.9 Å². The SMILES string of the molecule is CCC(C)(C)C1CCC(NC(=O)Cc2csc(-c3ccco3)n2)CC1. The van der Waals surface area contributed by atoms with Crippen molar-refractivity contribution >= 4 is 17.2 Å². The number of rotatable bonds is 6. The molecule has 0 bridgehead atoms. The third-order valence-corrected chi connectivity index (χ3v) is 6.64. The third kappa shape index (κ3) is 4.51. The zero-order valence-electron chi connectivity index (χ0n) is 15.4. The van der Waals surface area contributed by atoms with Crippen molar-refractivity contribution in [3.8, 4) is 10.8 Å². The van der Waals surface area contributed by atoms with E-state index in [1.165, 1.54) is 30.6 Å². The lowest BCUT2D eigenvalue weighted by Crippen LogP contribution is -2.40. The fourth-order valence-corrected chi connectivity index (χ4v) is 4.44. The summed E-state index contributed by atoms with van der Waals surface area (Å²) < 4.78 is 5.35. The standard InChI is InChI=1S/C20H28N2O2S/c1-4-20(2,3)14-7-9-15(10-8-14)21-18(23)12-16-13-25-19(22-16)17-6-5-11-24-17/h5-6,11,13-15H,4,7-10,12H2,1-3H3,(H,21,23). The zero-order valence-corrected chi connectivity index (χ0v) is 16.2. The monoisotopic (exact) mass is 360 g/mol. The number of hydrogen-bond donors (Lipinski definition) is 1. The molecule has 1 aliphatic carbocycles. The van der Waals surface area contributed by atoms with Crippen LogP contribution in [0.2, 0.25) is 0 Å². The first kappa shape index (κ1) is 18.2. The van der Waals surface area contributed by atoms with E-state index < -0.39 is 0 Å². The highest BCUT2D eigenvalue weighted by Gasteiger charge is 2.32. The van der Waals surface area contributed by atoms with Crippen LogP contribution in [0.25, 0.3) is 10.8 Å². The highest BCUT2D eigenvalue weighted by atomic mass is 32.1. The molecule has 1 aliphatic rings. The van der Waals surface area contributed by atoms with Gasteiger partial charge >= 0.3 is 0 Å². The smallest absolute Gasteiger partial charge is 0.226 e. The van der Waals surface area contributed by atoms with Crippen LogP contribution in [0.5, 0.6) is 0 Å². The second kappa shape index (κ2) is 7.73. The Hall–Kier alpha value is -1.62. The third-order valence-electron chi connectivity index (χ3n) is 5.73. The molecule has 1 saturated carbocycles. The molecule has 2 aromatic rings. The number of hydrogen-bond acceptors (Lipinski definition) is 4. The Morgan fingerprint density at radius 2 is 2.12 bits per heavy atom. The van der Waals surface area contributed by atoms with E-state index in [1.54, 1.807) is 6.26 Å². The first-order valence-corrected chi connectivity index (χ1v) is 10.1. The molecule has 136 valence electrons. The molecular weight excluding hydrogens is 332 g/mol. The Bertz CT molecular complexity index is 682. The largest absolute Gasteiger partial charge is 0.462 e. The summed E-state index contributed by atoms with van der Waals surface area (Å²) in [6.07, 6.45) is 7.81. The average Bonchev–Trinajstić information content (AvgIpc) is 3.26. The van der Waals surface area contributed by atoms with E-state index in [9.17, 15) is 4.79 Å². The van der Waals surface area contributed by atoms with E-state index in [-0.39, 0.29) is 5.91 Å². The van der Waals surface area contributed by atoms with Gasteiger partial charge in [-0.2, -0.15) is 0 Å². The second-order valence-electron chi connectivity index (χ2n) is 7.76. The van der Waals surface area contributed by atoms with Crippen LogP contribution in [0.3, 0.4) is 0 Å². The summed E-state index contributed by atoms with van der Waals surface area (Å²) in [5.74, 6) is 1.61. The Labute approximate surface area is 154 Å². The maximum Gasteiger partial charge on any atom is 0.226 e. The molecule has 1 fully saturated rings. The van der Waals surface area contributed by atoms with E-state index in [2.05, 4.69) is 31.1 Å². The number of nitrogens with zero attached hydrogens (tertiary/aromatic N) is 1. The van der Waals surface area contributed by atoms with Gasteiger partial charge in [0.25, 0.3) is 0 Å².